The van der Waals surface area contributed by atoms with E-state index in [0.29, 0.717) is 5.69 Å². The number of nitrogens with one attached hydrogen (secondary N) is 1. The molecule has 6 nitrogen and oxygen atoms in total. The topological polar surface area (TPSA) is 86.7 Å². The second-order valence-electron chi connectivity index (χ2n) is 4.51. The maximum absolute atomic E-state index is 12.0. The molecule has 0 heterocycles. The first-order valence-corrected chi connectivity index (χ1v) is 6.39. The fraction of sp³-hybridized carbons (Fsp3) is 0.267. The largest absolute Gasteiger partial charge is 0.480 e. The van der Waals surface area contributed by atoms with E-state index in [1.54, 1.807) is 24.3 Å². The van der Waals surface area contributed by atoms with Gasteiger partial charge in [0.05, 0.1) is 6.42 Å². The lowest BCUT2D eigenvalue weighted by Crippen LogP contribution is -2.36. The van der Waals surface area contributed by atoms with Gasteiger partial charge in [-0.3, -0.25) is 14.4 Å². The maximum Gasteiger partial charge on any atom is 0.323 e. The zero-order valence-electron chi connectivity index (χ0n) is 11.8. The molecular formula is C15H18N2O4. The van der Waals surface area contributed by atoms with Crippen molar-refractivity contribution >= 4 is 23.5 Å². The van der Waals surface area contributed by atoms with E-state index in [2.05, 4.69) is 11.9 Å². The molecule has 6 heteroatoms. The van der Waals surface area contributed by atoms with Gasteiger partial charge in [0.1, 0.15) is 6.54 Å². The van der Waals surface area contributed by atoms with Gasteiger partial charge < -0.3 is 15.3 Å². The van der Waals surface area contributed by atoms with E-state index in [1.807, 2.05) is 0 Å². The molecule has 112 valence electrons. The molecule has 0 bridgehead atoms. The molecule has 21 heavy (non-hydrogen) atoms. The lowest BCUT2D eigenvalue weighted by molar-refractivity contribution is -0.143. The van der Waals surface area contributed by atoms with Crippen LogP contribution >= 0.6 is 0 Å². The summed E-state index contributed by atoms with van der Waals surface area (Å²) in [5.74, 6) is -1.52. The third-order valence-electron chi connectivity index (χ3n) is 2.66. The summed E-state index contributed by atoms with van der Waals surface area (Å²) in [7, 11) is 0. The van der Waals surface area contributed by atoms with Crippen LogP contribution in [-0.2, 0) is 20.8 Å². The fourth-order valence-corrected chi connectivity index (χ4v) is 1.77. The summed E-state index contributed by atoms with van der Waals surface area (Å²) < 4.78 is 0. The molecule has 0 aliphatic rings. The number of carbonyl (C=O) groups is 3. The van der Waals surface area contributed by atoms with Crippen LogP contribution in [0.3, 0.4) is 0 Å². The predicted molar refractivity (Wildman–Crippen MR) is 78.9 cm³/mol. The van der Waals surface area contributed by atoms with E-state index in [4.69, 9.17) is 5.11 Å². The number of amides is 2. The lowest BCUT2D eigenvalue weighted by Gasteiger charge is -2.18. The highest BCUT2D eigenvalue weighted by Crippen LogP contribution is 2.11. The fourth-order valence-electron chi connectivity index (χ4n) is 1.77. The second-order valence-corrected chi connectivity index (χ2v) is 4.51. The van der Waals surface area contributed by atoms with Crippen LogP contribution in [0.5, 0.6) is 0 Å². The Balaban J connectivity index is 2.69. The first kappa shape index (κ1) is 16.4. The second kappa shape index (κ2) is 7.84. The van der Waals surface area contributed by atoms with Gasteiger partial charge in [-0.05, 0) is 17.7 Å². The summed E-state index contributed by atoms with van der Waals surface area (Å²) in [5.41, 5.74) is 1.39. The number of carboxylic acids is 1. The molecule has 0 aromatic heterocycles. The average molecular weight is 290 g/mol. The molecule has 1 aromatic rings. The Morgan fingerprint density at radius 2 is 1.90 bits per heavy atom. The number of anilines is 1. The Hall–Kier alpha value is -2.63. The van der Waals surface area contributed by atoms with Gasteiger partial charge in [0, 0.05) is 19.2 Å². The zero-order chi connectivity index (χ0) is 15.8. The zero-order valence-corrected chi connectivity index (χ0v) is 11.8. The smallest absolute Gasteiger partial charge is 0.323 e. The first-order chi connectivity index (χ1) is 9.92. The Morgan fingerprint density at radius 1 is 1.29 bits per heavy atom. The minimum atomic E-state index is -1.06. The number of benzene rings is 1. The number of hydrogen-bond acceptors (Lipinski definition) is 3. The number of rotatable bonds is 7. The molecular weight excluding hydrogens is 272 g/mol. The quantitative estimate of drug-likeness (QED) is 0.741. The average Bonchev–Trinajstić information content (AvgIpc) is 2.39. The third kappa shape index (κ3) is 5.90. The first-order valence-electron chi connectivity index (χ1n) is 6.39. The van der Waals surface area contributed by atoms with E-state index >= 15 is 0 Å². The Bertz CT molecular complexity index is 537. The van der Waals surface area contributed by atoms with E-state index in [-0.39, 0.29) is 31.3 Å². The number of carbonyl (C=O) groups excluding carboxylic acids is 2. The Kier molecular flexibility index (Phi) is 6.13. The van der Waals surface area contributed by atoms with Crippen molar-refractivity contribution in [1.82, 2.24) is 4.90 Å². The minimum absolute atomic E-state index is 0.0987. The van der Waals surface area contributed by atoms with Crippen LogP contribution in [0.15, 0.2) is 36.9 Å². The van der Waals surface area contributed by atoms with E-state index in [9.17, 15) is 14.4 Å². The van der Waals surface area contributed by atoms with E-state index in [0.717, 1.165) is 5.56 Å². The molecule has 0 unspecified atom stereocenters. The number of nitrogens with zero attached hydrogens (tertiary/aromatic N) is 1. The third-order valence-corrected chi connectivity index (χ3v) is 2.66. The normalized spacial score (nSPS) is 9.76. The van der Waals surface area contributed by atoms with Gasteiger partial charge in [-0.25, -0.2) is 0 Å². The SMILES string of the molecule is C=CCN(CC(=O)O)C(=O)Cc1ccc(NC(C)=O)cc1. The summed E-state index contributed by atoms with van der Waals surface area (Å²) >= 11 is 0. The van der Waals surface area contributed by atoms with Crippen molar-refractivity contribution in [3.05, 3.63) is 42.5 Å². The molecule has 2 amide bonds. The van der Waals surface area contributed by atoms with Crippen LogP contribution in [0.25, 0.3) is 0 Å². The number of aliphatic carboxylic acids is 1. The van der Waals surface area contributed by atoms with Gasteiger partial charge in [0.15, 0.2) is 0 Å². The highest BCUT2D eigenvalue weighted by molar-refractivity contribution is 5.88. The number of carboxylic acid groups (broad SMARTS) is 1. The Labute approximate surface area is 123 Å². The Morgan fingerprint density at radius 3 is 2.38 bits per heavy atom. The molecule has 0 aliphatic heterocycles. The van der Waals surface area contributed by atoms with Crippen molar-refractivity contribution in [2.75, 3.05) is 18.4 Å². The number of hydrogen-bond donors (Lipinski definition) is 2. The van der Waals surface area contributed by atoms with Crippen molar-refractivity contribution in [2.45, 2.75) is 13.3 Å². The standard InChI is InChI=1S/C15H18N2O4/c1-3-8-17(10-15(20)21)14(19)9-12-4-6-13(7-5-12)16-11(2)18/h3-7H,1,8-10H2,2H3,(H,16,18)(H,20,21). The van der Waals surface area contributed by atoms with Crippen molar-refractivity contribution in [3.63, 3.8) is 0 Å². The van der Waals surface area contributed by atoms with Crippen molar-refractivity contribution < 1.29 is 19.5 Å². The van der Waals surface area contributed by atoms with Gasteiger partial charge in [0.2, 0.25) is 11.8 Å². The monoisotopic (exact) mass is 290 g/mol. The summed E-state index contributed by atoms with van der Waals surface area (Å²) in [5, 5.41) is 11.4. The molecule has 0 radical (unpaired) electrons. The summed E-state index contributed by atoms with van der Waals surface area (Å²) in [6.45, 7) is 4.76. The summed E-state index contributed by atoms with van der Waals surface area (Å²) in [6.07, 6.45) is 1.59. The van der Waals surface area contributed by atoms with Crippen LogP contribution in [-0.4, -0.2) is 40.9 Å². The van der Waals surface area contributed by atoms with Crippen molar-refractivity contribution in [1.29, 1.82) is 0 Å². The van der Waals surface area contributed by atoms with E-state index in [1.165, 1.54) is 17.9 Å². The summed E-state index contributed by atoms with van der Waals surface area (Å²) in [4.78, 5) is 34.9. The molecule has 0 atom stereocenters. The van der Waals surface area contributed by atoms with Crippen molar-refractivity contribution in [3.8, 4) is 0 Å². The van der Waals surface area contributed by atoms with Crippen LogP contribution in [0, 0.1) is 0 Å². The molecule has 1 aromatic carbocycles. The predicted octanol–water partition coefficient (Wildman–Crippen LogP) is 1.29. The molecule has 2 N–H and O–H groups in total. The van der Waals surface area contributed by atoms with Gasteiger partial charge in [-0.1, -0.05) is 18.2 Å². The highest BCUT2D eigenvalue weighted by atomic mass is 16.4. The minimum Gasteiger partial charge on any atom is -0.480 e. The van der Waals surface area contributed by atoms with Gasteiger partial charge in [-0.15, -0.1) is 6.58 Å². The molecule has 0 spiro atoms. The van der Waals surface area contributed by atoms with Crippen LogP contribution < -0.4 is 5.32 Å². The summed E-state index contributed by atoms with van der Waals surface area (Å²) in [6, 6.07) is 6.82. The molecule has 0 saturated carbocycles. The lowest BCUT2D eigenvalue weighted by atomic mass is 10.1. The van der Waals surface area contributed by atoms with Gasteiger partial charge in [0.25, 0.3) is 0 Å². The van der Waals surface area contributed by atoms with E-state index < -0.39 is 5.97 Å². The molecule has 0 saturated heterocycles. The van der Waals surface area contributed by atoms with Crippen LogP contribution in [0.2, 0.25) is 0 Å². The molecule has 1 rings (SSSR count). The van der Waals surface area contributed by atoms with Crippen LogP contribution in [0.1, 0.15) is 12.5 Å². The maximum atomic E-state index is 12.0. The van der Waals surface area contributed by atoms with Gasteiger partial charge in [-0.2, -0.15) is 0 Å². The molecule has 0 aliphatic carbocycles. The van der Waals surface area contributed by atoms with Crippen LogP contribution in [0.4, 0.5) is 5.69 Å². The molecule has 0 fully saturated rings. The van der Waals surface area contributed by atoms with Crippen molar-refractivity contribution in [2.24, 2.45) is 0 Å². The highest BCUT2D eigenvalue weighted by Gasteiger charge is 2.15. The van der Waals surface area contributed by atoms with Gasteiger partial charge >= 0.3 is 5.97 Å².